The van der Waals surface area contributed by atoms with Crippen LogP contribution in [0.1, 0.15) is 19.8 Å². The molecule has 5 nitrogen and oxygen atoms in total. The van der Waals surface area contributed by atoms with E-state index in [0.717, 1.165) is 12.8 Å². The molecular weight excluding hydrogens is 192 g/mol. The summed E-state index contributed by atoms with van der Waals surface area (Å²) in [6, 6.07) is 3.14. The average Bonchev–Trinajstić information content (AvgIpc) is 2.22. The number of nitrogens with two attached hydrogens (primary N) is 1. The normalized spacial score (nSPS) is 9.67. The molecule has 0 unspecified atom stereocenters. The number of aromatic nitrogens is 1. The smallest absolute Gasteiger partial charge is 0.320 e. The molecule has 0 atom stereocenters. The zero-order chi connectivity index (χ0) is 11.1. The molecule has 1 heterocycles. The number of carbonyl (C=O) groups is 1. The highest BCUT2D eigenvalue weighted by atomic mass is 16.2. The predicted molar refractivity (Wildman–Crippen MR) is 60.6 cm³/mol. The summed E-state index contributed by atoms with van der Waals surface area (Å²) in [5.41, 5.74) is 6.08. The number of urea groups is 1. The van der Waals surface area contributed by atoms with Crippen molar-refractivity contribution in [2.24, 2.45) is 0 Å². The minimum Gasteiger partial charge on any atom is -0.396 e. The molecule has 0 saturated heterocycles. The molecule has 82 valence electrons. The maximum absolute atomic E-state index is 11.3. The van der Waals surface area contributed by atoms with E-state index in [-0.39, 0.29) is 6.03 Å². The van der Waals surface area contributed by atoms with E-state index in [1.54, 1.807) is 18.3 Å². The minimum atomic E-state index is -0.270. The zero-order valence-corrected chi connectivity index (χ0v) is 8.79. The molecule has 0 aromatic carbocycles. The Balaban J connectivity index is 2.41. The average molecular weight is 208 g/mol. The first-order valence-electron chi connectivity index (χ1n) is 4.99. The van der Waals surface area contributed by atoms with Crippen LogP contribution in [0.25, 0.3) is 0 Å². The van der Waals surface area contributed by atoms with Crippen LogP contribution in [-0.4, -0.2) is 17.6 Å². The Morgan fingerprint density at radius 1 is 1.60 bits per heavy atom. The maximum atomic E-state index is 11.3. The summed E-state index contributed by atoms with van der Waals surface area (Å²) >= 11 is 0. The first-order chi connectivity index (χ1) is 7.24. The van der Waals surface area contributed by atoms with Crippen LogP contribution in [0.3, 0.4) is 0 Å². The van der Waals surface area contributed by atoms with Gasteiger partial charge in [-0.25, -0.2) is 9.78 Å². The van der Waals surface area contributed by atoms with E-state index in [1.165, 1.54) is 0 Å². The molecule has 0 aliphatic rings. The van der Waals surface area contributed by atoms with Crippen LogP contribution in [0, 0.1) is 0 Å². The van der Waals surface area contributed by atoms with Gasteiger partial charge in [0, 0.05) is 12.7 Å². The Labute approximate surface area is 89.1 Å². The van der Waals surface area contributed by atoms with Gasteiger partial charge in [0.25, 0.3) is 0 Å². The fourth-order valence-electron chi connectivity index (χ4n) is 1.05. The Kier molecular flexibility index (Phi) is 4.40. The van der Waals surface area contributed by atoms with E-state index in [4.69, 9.17) is 5.73 Å². The molecule has 0 saturated carbocycles. The molecule has 0 aliphatic heterocycles. The van der Waals surface area contributed by atoms with Crippen molar-refractivity contribution in [3.63, 3.8) is 0 Å². The van der Waals surface area contributed by atoms with Gasteiger partial charge in [0.1, 0.15) is 0 Å². The number of unbranched alkanes of at least 4 members (excludes halogenated alkanes) is 1. The molecule has 15 heavy (non-hydrogen) atoms. The molecule has 0 spiro atoms. The highest BCUT2D eigenvalue weighted by molar-refractivity contribution is 5.90. The number of nitrogens with zero attached hydrogens (tertiary/aromatic N) is 1. The van der Waals surface area contributed by atoms with Gasteiger partial charge >= 0.3 is 6.03 Å². The fraction of sp³-hybridized carbons (Fsp3) is 0.400. The lowest BCUT2D eigenvalue weighted by molar-refractivity contribution is 0.252. The molecule has 1 aromatic heterocycles. The molecule has 0 radical (unpaired) electrons. The lowest BCUT2D eigenvalue weighted by atomic mass is 10.3. The molecule has 1 rings (SSSR count). The van der Waals surface area contributed by atoms with Gasteiger partial charge in [-0.05, 0) is 18.6 Å². The summed E-state index contributed by atoms with van der Waals surface area (Å²) in [5.74, 6) is 0.395. The van der Waals surface area contributed by atoms with Gasteiger partial charge in [-0.1, -0.05) is 13.3 Å². The number of hydrogen-bond donors (Lipinski definition) is 3. The van der Waals surface area contributed by atoms with E-state index >= 15 is 0 Å². The van der Waals surface area contributed by atoms with E-state index in [0.29, 0.717) is 18.1 Å². The van der Waals surface area contributed by atoms with Crippen LogP contribution in [0.4, 0.5) is 16.3 Å². The highest BCUT2D eigenvalue weighted by Gasteiger charge is 2.03. The summed E-state index contributed by atoms with van der Waals surface area (Å²) in [6.07, 6.45) is 3.59. The number of carbonyl (C=O) groups excluding carboxylic acids is 1. The number of nitrogens with one attached hydrogen (secondary N) is 2. The van der Waals surface area contributed by atoms with Crippen LogP contribution < -0.4 is 16.4 Å². The van der Waals surface area contributed by atoms with Crippen molar-refractivity contribution < 1.29 is 4.79 Å². The second-order valence-electron chi connectivity index (χ2n) is 3.18. The number of hydrogen-bond acceptors (Lipinski definition) is 3. The number of nitrogen functional groups attached to an aromatic ring is 1. The van der Waals surface area contributed by atoms with Crippen LogP contribution >= 0.6 is 0 Å². The number of pyridine rings is 1. The molecule has 2 amide bonds. The number of amides is 2. The van der Waals surface area contributed by atoms with Crippen molar-refractivity contribution in [1.82, 2.24) is 10.3 Å². The number of rotatable bonds is 4. The van der Waals surface area contributed by atoms with Crippen molar-refractivity contribution in [3.05, 3.63) is 18.3 Å². The van der Waals surface area contributed by atoms with Crippen LogP contribution in [0.5, 0.6) is 0 Å². The summed E-state index contributed by atoms with van der Waals surface area (Å²) in [7, 11) is 0. The monoisotopic (exact) mass is 208 g/mol. The SMILES string of the molecule is CCCCNC(=O)Nc1ncccc1N. The fourth-order valence-corrected chi connectivity index (χ4v) is 1.05. The minimum absolute atomic E-state index is 0.270. The Morgan fingerprint density at radius 2 is 2.40 bits per heavy atom. The van der Waals surface area contributed by atoms with Gasteiger partial charge in [0.05, 0.1) is 5.69 Å². The van der Waals surface area contributed by atoms with E-state index in [2.05, 4.69) is 22.5 Å². The van der Waals surface area contributed by atoms with Gasteiger partial charge in [-0.3, -0.25) is 5.32 Å². The summed E-state index contributed by atoms with van der Waals surface area (Å²) in [5, 5.41) is 5.30. The predicted octanol–water partition coefficient (Wildman–Crippen LogP) is 1.59. The largest absolute Gasteiger partial charge is 0.396 e. The van der Waals surface area contributed by atoms with Crippen molar-refractivity contribution in [2.45, 2.75) is 19.8 Å². The Bertz CT molecular complexity index is 327. The summed E-state index contributed by atoms with van der Waals surface area (Å²) in [6.45, 7) is 2.73. The molecule has 0 fully saturated rings. The summed E-state index contributed by atoms with van der Waals surface area (Å²) in [4.78, 5) is 15.3. The van der Waals surface area contributed by atoms with E-state index < -0.39 is 0 Å². The van der Waals surface area contributed by atoms with Gasteiger partial charge < -0.3 is 11.1 Å². The molecule has 5 heteroatoms. The Morgan fingerprint density at radius 3 is 3.07 bits per heavy atom. The maximum Gasteiger partial charge on any atom is 0.320 e. The molecule has 0 aliphatic carbocycles. The van der Waals surface area contributed by atoms with Gasteiger partial charge in [0.2, 0.25) is 0 Å². The highest BCUT2D eigenvalue weighted by Crippen LogP contribution is 2.12. The number of anilines is 2. The van der Waals surface area contributed by atoms with Crippen molar-refractivity contribution in [1.29, 1.82) is 0 Å². The second-order valence-corrected chi connectivity index (χ2v) is 3.18. The van der Waals surface area contributed by atoms with Crippen LogP contribution in [0.2, 0.25) is 0 Å². The second kappa shape index (κ2) is 5.85. The molecule has 0 bridgehead atoms. The summed E-state index contributed by atoms with van der Waals surface area (Å²) < 4.78 is 0. The quantitative estimate of drug-likeness (QED) is 0.657. The third kappa shape index (κ3) is 3.84. The lowest BCUT2D eigenvalue weighted by Crippen LogP contribution is -2.30. The van der Waals surface area contributed by atoms with Crippen molar-refractivity contribution in [2.75, 3.05) is 17.6 Å². The third-order valence-electron chi connectivity index (χ3n) is 1.89. The van der Waals surface area contributed by atoms with E-state index in [9.17, 15) is 4.79 Å². The Hall–Kier alpha value is -1.78. The third-order valence-corrected chi connectivity index (χ3v) is 1.89. The van der Waals surface area contributed by atoms with E-state index in [1.807, 2.05) is 0 Å². The lowest BCUT2D eigenvalue weighted by Gasteiger charge is -2.07. The van der Waals surface area contributed by atoms with Gasteiger partial charge in [-0.15, -0.1) is 0 Å². The molecule has 1 aromatic rings. The standard InChI is InChI=1S/C10H16N4O/c1-2-3-6-13-10(15)14-9-8(11)5-4-7-12-9/h4-5,7H,2-3,6,11H2,1H3,(H2,12,13,14,15). The van der Waals surface area contributed by atoms with Gasteiger partial charge in [0.15, 0.2) is 5.82 Å². The van der Waals surface area contributed by atoms with Gasteiger partial charge in [-0.2, -0.15) is 0 Å². The topological polar surface area (TPSA) is 80.0 Å². The van der Waals surface area contributed by atoms with Crippen molar-refractivity contribution >= 4 is 17.5 Å². The van der Waals surface area contributed by atoms with Crippen LogP contribution in [0.15, 0.2) is 18.3 Å². The zero-order valence-electron chi connectivity index (χ0n) is 8.79. The molecule has 4 N–H and O–H groups in total. The molecular formula is C10H16N4O. The van der Waals surface area contributed by atoms with Crippen molar-refractivity contribution in [3.8, 4) is 0 Å². The first kappa shape index (κ1) is 11.3. The van der Waals surface area contributed by atoms with Crippen LogP contribution in [-0.2, 0) is 0 Å². The first-order valence-corrected chi connectivity index (χ1v) is 4.99.